The number of sulfonamides is 1. The summed E-state index contributed by atoms with van der Waals surface area (Å²) in [5.74, 6) is -0.0688. The summed E-state index contributed by atoms with van der Waals surface area (Å²) in [7, 11) is -3.85. The van der Waals surface area contributed by atoms with E-state index in [-0.39, 0.29) is 29.3 Å². The van der Waals surface area contributed by atoms with Crippen LogP contribution in [0, 0.1) is 9.49 Å². The van der Waals surface area contributed by atoms with Crippen molar-refractivity contribution in [2.75, 3.05) is 10.8 Å². The van der Waals surface area contributed by atoms with Gasteiger partial charge in [-0.3, -0.25) is 9.10 Å². The highest BCUT2D eigenvalue weighted by Crippen LogP contribution is 2.24. The minimum Gasteiger partial charge on any atom is -0.352 e. The van der Waals surface area contributed by atoms with Crippen LogP contribution in [0.1, 0.15) is 20.8 Å². The van der Waals surface area contributed by atoms with Crippen LogP contribution >= 0.6 is 22.6 Å². The summed E-state index contributed by atoms with van der Waals surface area (Å²) < 4.78 is 28.4. The fourth-order valence-electron chi connectivity index (χ4n) is 2.24. The Morgan fingerprint density at radius 3 is 2.15 bits per heavy atom. The molecule has 0 radical (unpaired) electrons. The zero-order valence-electron chi connectivity index (χ0n) is 15.0. The highest BCUT2D eigenvalue weighted by atomic mass is 127. The molecule has 26 heavy (non-hydrogen) atoms. The van der Waals surface area contributed by atoms with E-state index in [0.717, 1.165) is 7.88 Å². The molecule has 2 aromatic carbocycles. The lowest BCUT2D eigenvalue weighted by Crippen LogP contribution is -2.45. The molecule has 0 spiro atoms. The van der Waals surface area contributed by atoms with Crippen LogP contribution in [-0.2, 0) is 14.8 Å². The summed E-state index contributed by atoms with van der Waals surface area (Å²) in [6.07, 6.45) is 0. The minimum absolute atomic E-state index is 0.0412. The van der Waals surface area contributed by atoms with Crippen LogP contribution in [0.25, 0.3) is 0 Å². The molecule has 0 aliphatic carbocycles. The Hall–Kier alpha value is -1.61. The molecule has 0 saturated carbocycles. The summed E-state index contributed by atoms with van der Waals surface area (Å²) in [5, 5.41) is 2.87. The maximum atomic E-state index is 13.1. The van der Waals surface area contributed by atoms with Gasteiger partial charge >= 0.3 is 0 Å². The summed E-state index contributed by atoms with van der Waals surface area (Å²) in [5.41, 5.74) is 0.460. The largest absolute Gasteiger partial charge is 0.352 e. The van der Waals surface area contributed by atoms with Crippen molar-refractivity contribution in [2.45, 2.75) is 31.7 Å². The van der Waals surface area contributed by atoms with Crippen LogP contribution < -0.4 is 9.62 Å². The van der Waals surface area contributed by atoms with Gasteiger partial charge in [0.1, 0.15) is 6.54 Å². The zero-order valence-corrected chi connectivity index (χ0v) is 18.0. The maximum Gasteiger partial charge on any atom is 0.264 e. The number of rotatable bonds is 7. The van der Waals surface area contributed by atoms with Crippen molar-refractivity contribution in [1.82, 2.24) is 5.32 Å². The van der Waals surface area contributed by atoms with Crippen molar-refractivity contribution in [3.8, 4) is 0 Å². The van der Waals surface area contributed by atoms with E-state index in [9.17, 15) is 13.2 Å². The van der Waals surface area contributed by atoms with Crippen LogP contribution in [0.2, 0.25) is 0 Å². The lowest BCUT2D eigenvalue weighted by molar-refractivity contribution is -0.120. The maximum absolute atomic E-state index is 13.1. The molecule has 0 aliphatic heterocycles. The van der Waals surface area contributed by atoms with Gasteiger partial charge in [0.15, 0.2) is 0 Å². The van der Waals surface area contributed by atoms with E-state index in [2.05, 4.69) is 27.9 Å². The molecule has 0 bridgehead atoms. The normalized spacial score (nSPS) is 12.7. The van der Waals surface area contributed by atoms with Gasteiger partial charge in [0, 0.05) is 9.61 Å². The van der Waals surface area contributed by atoms with Gasteiger partial charge in [-0.15, -0.1) is 0 Å². The van der Waals surface area contributed by atoms with E-state index < -0.39 is 10.0 Å². The number of nitrogens with one attached hydrogen (secondary N) is 1. The number of carbonyl (C=O) groups excluding carboxylic acids is 1. The third kappa shape index (κ3) is 5.20. The summed E-state index contributed by atoms with van der Waals surface area (Å²) in [4.78, 5) is 12.6. The molecule has 1 N–H and O–H groups in total. The predicted octanol–water partition coefficient (Wildman–Crippen LogP) is 3.65. The second kappa shape index (κ2) is 8.85. The first-order chi connectivity index (χ1) is 12.2. The first-order valence-electron chi connectivity index (χ1n) is 8.34. The number of benzene rings is 2. The Morgan fingerprint density at radius 1 is 1.04 bits per heavy atom. The molecule has 1 amide bonds. The van der Waals surface area contributed by atoms with Crippen LogP contribution in [0.3, 0.4) is 0 Å². The van der Waals surface area contributed by atoms with Crippen LogP contribution in [0.15, 0.2) is 59.5 Å². The van der Waals surface area contributed by atoms with E-state index in [4.69, 9.17) is 0 Å². The molecule has 0 saturated heterocycles. The van der Waals surface area contributed by atoms with E-state index in [1.807, 2.05) is 32.9 Å². The number of anilines is 1. The number of carbonyl (C=O) groups is 1. The van der Waals surface area contributed by atoms with Crippen molar-refractivity contribution in [3.05, 3.63) is 58.2 Å². The second-order valence-corrected chi connectivity index (χ2v) is 9.51. The Bertz CT molecular complexity index is 837. The molecule has 2 aromatic rings. The van der Waals surface area contributed by atoms with Crippen molar-refractivity contribution >= 4 is 44.2 Å². The number of amides is 1. The van der Waals surface area contributed by atoms with Gasteiger partial charge in [-0.1, -0.05) is 32.0 Å². The fraction of sp³-hybridized carbons (Fsp3) is 0.316. The van der Waals surface area contributed by atoms with Crippen molar-refractivity contribution in [2.24, 2.45) is 5.92 Å². The molecular formula is C19H23IN2O3S. The van der Waals surface area contributed by atoms with Crippen LogP contribution in [0.5, 0.6) is 0 Å². The topological polar surface area (TPSA) is 66.5 Å². The Balaban J connectivity index is 2.37. The number of halogens is 1. The summed E-state index contributed by atoms with van der Waals surface area (Å²) in [6, 6.07) is 15.2. The molecule has 7 heteroatoms. The third-order valence-electron chi connectivity index (χ3n) is 4.12. The lowest BCUT2D eigenvalue weighted by Gasteiger charge is -2.25. The van der Waals surface area contributed by atoms with Gasteiger partial charge in [-0.25, -0.2) is 8.42 Å². The average Bonchev–Trinajstić information content (AvgIpc) is 2.61. The molecule has 5 nitrogen and oxygen atoms in total. The van der Waals surface area contributed by atoms with Gasteiger partial charge in [0.05, 0.1) is 10.6 Å². The van der Waals surface area contributed by atoms with Crippen LogP contribution in [0.4, 0.5) is 5.69 Å². The Morgan fingerprint density at radius 2 is 1.62 bits per heavy atom. The standard InChI is InChI=1S/C19H23IN2O3S/c1-14(2)15(3)21-19(23)13-22(17-11-9-16(20)10-12-17)26(24,25)18-7-5-4-6-8-18/h4-12,14-15H,13H2,1-3H3,(H,21,23). The Labute approximate surface area is 169 Å². The van der Waals surface area contributed by atoms with E-state index in [1.54, 1.807) is 30.3 Å². The predicted molar refractivity (Wildman–Crippen MR) is 113 cm³/mol. The van der Waals surface area contributed by atoms with Crippen LogP contribution in [-0.4, -0.2) is 26.9 Å². The van der Waals surface area contributed by atoms with E-state index in [0.29, 0.717) is 5.69 Å². The molecule has 1 atom stereocenters. The second-order valence-electron chi connectivity index (χ2n) is 6.40. The number of hydrogen-bond acceptors (Lipinski definition) is 3. The molecule has 140 valence electrons. The van der Waals surface area contributed by atoms with E-state index in [1.165, 1.54) is 12.1 Å². The molecule has 0 heterocycles. The van der Waals surface area contributed by atoms with Gasteiger partial charge in [-0.2, -0.15) is 0 Å². The number of nitrogens with zero attached hydrogens (tertiary/aromatic N) is 1. The van der Waals surface area contributed by atoms with Crippen molar-refractivity contribution in [1.29, 1.82) is 0 Å². The molecule has 0 fully saturated rings. The van der Waals surface area contributed by atoms with Gasteiger partial charge in [0.25, 0.3) is 10.0 Å². The third-order valence-corrected chi connectivity index (χ3v) is 6.63. The molecule has 1 unspecified atom stereocenters. The molecule has 2 rings (SSSR count). The lowest BCUT2D eigenvalue weighted by atomic mass is 10.1. The van der Waals surface area contributed by atoms with Gasteiger partial charge < -0.3 is 5.32 Å². The highest BCUT2D eigenvalue weighted by Gasteiger charge is 2.27. The fourth-order valence-corrected chi connectivity index (χ4v) is 4.04. The molecule has 0 aromatic heterocycles. The van der Waals surface area contributed by atoms with Crippen molar-refractivity contribution < 1.29 is 13.2 Å². The van der Waals surface area contributed by atoms with E-state index >= 15 is 0 Å². The summed E-state index contributed by atoms with van der Waals surface area (Å²) in [6.45, 7) is 5.64. The Kier molecular flexibility index (Phi) is 7.05. The first-order valence-corrected chi connectivity index (χ1v) is 10.9. The molecular weight excluding hydrogens is 463 g/mol. The number of hydrogen-bond donors (Lipinski definition) is 1. The first kappa shape index (κ1) is 20.7. The quantitative estimate of drug-likeness (QED) is 0.608. The van der Waals surface area contributed by atoms with Gasteiger partial charge in [-0.05, 0) is 71.8 Å². The average molecular weight is 486 g/mol. The minimum atomic E-state index is -3.85. The monoisotopic (exact) mass is 486 g/mol. The van der Waals surface area contributed by atoms with Gasteiger partial charge in [0.2, 0.25) is 5.91 Å². The summed E-state index contributed by atoms with van der Waals surface area (Å²) >= 11 is 2.15. The SMILES string of the molecule is CC(C)C(C)NC(=O)CN(c1ccc(I)cc1)S(=O)(=O)c1ccccc1. The zero-order chi connectivity index (χ0) is 19.3. The smallest absolute Gasteiger partial charge is 0.264 e. The highest BCUT2D eigenvalue weighted by molar-refractivity contribution is 14.1. The van der Waals surface area contributed by atoms with Crippen molar-refractivity contribution in [3.63, 3.8) is 0 Å². The molecule has 0 aliphatic rings.